The highest BCUT2D eigenvalue weighted by Crippen LogP contribution is 2.38. The molecular weight excluding hydrogens is 140 g/mol. The van der Waals surface area contributed by atoms with Gasteiger partial charge in [-0.3, -0.25) is 4.79 Å². The first kappa shape index (κ1) is 7.10. The Kier molecular flexibility index (Phi) is 1.60. The van der Waals surface area contributed by atoms with Gasteiger partial charge in [0.15, 0.2) is 0 Å². The summed E-state index contributed by atoms with van der Waals surface area (Å²) >= 11 is 0. The molecule has 0 bridgehead atoms. The molecule has 2 unspecified atom stereocenters. The Hall–Kier alpha value is -0.570. The second-order valence-electron chi connectivity index (χ2n) is 3.75. The van der Waals surface area contributed by atoms with Crippen molar-refractivity contribution < 1.29 is 4.79 Å². The van der Waals surface area contributed by atoms with E-state index >= 15 is 0 Å². The number of primary amides is 1. The fourth-order valence-corrected chi connectivity index (χ4v) is 2.40. The van der Waals surface area contributed by atoms with Crippen molar-refractivity contribution in [1.82, 2.24) is 5.32 Å². The van der Waals surface area contributed by atoms with Gasteiger partial charge in [0.25, 0.3) is 0 Å². The summed E-state index contributed by atoms with van der Waals surface area (Å²) in [5, 5.41) is 3.33. The number of hydrogen-bond donors (Lipinski definition) is 2. The predicted molar refractivity (Wildman–Crippen MR) is 41.8 cm³/mol. The minimum absolute atomic E-state index is 0.0978. The van der Waals surface area contributed by atoms with Gasteiger partial charge in [0.1, 0.15) is 0 Å². The standard InChI is InChI=1S/C8H14N2O/c9-8(11)5-1-6-3-10-4-7(6)2-5/h5-7,10H,1-4H2,(H2,9,11). The molecule has 3 N–H and O–H groups in total. The van der Waals surface area contributed by atoms with Crippen LogP contribution in [0.25, 0.3) is 0 Å². The van der Waals surface area contributed by atoms with E-state index in [4.69, 9.17) is 5.73 Å². The molecule has 1 saturated carbocycles. The molecule has 2 atom stereocenters. The lowest BCUT2D eigenvalue weighted by Crippen LogP contribution is -2.23. The summed E-state index contributed by atoms with van der Waals surface area (Å²) in [6.45, 7) is 2.18. The van der Waals surface area contributed by atoms with Crippen molar-refractivity contribution in [3.63, 3.8) is 0 Å². The molecule has 62 valence electrons. The number of carbonyl (C=O) groups excluding carboxylic acids is 1. The number of hydrogen-bond acceptors (Lipinski definition) is 2. The maximum Gasteiger partial charge on any atom is 0.220 e. The third-order valence-electron chi connectivity index (χ3n) is 3.06. The summed E-state index contributed by atoms with van der Waals surface area (Å²) in [5.74, 6) is 1.53. The smallest absolute Gasteiger partial charge is 0.220 e. The van der Waals surface area contributed by atoms with Gasteiger partial charge in [-0.05, 0) is 37.8 Å². The third-order valence-corrected chi connectivity index (χ3v) is 3.06. The van der Waals surface area contributed by atoms with Crippen LogP contribution in [-0.2, 0) is 4.79 Å². The van der Waals surface area contributed by atoms with Crippen molar-refractivity contribution in [2.45, 2.75) is 12.8 Å². The van der Waals surface area contributed by atoms with Crippen LogP contribution in [-0.4, -0.2) is 19.0 Å². The lowest BCUT2D eigenvalue weighted by atomic mass is 10.0. The molecule has 0 aromatic rings. The zero-order valence-electron chi connectivity index (χ0n) is 6.55. The van der Waals surface area contributed by atoms with Gasteiger partial charge in [-0.1, -0.05) is 0 Å². The van der Waals surface area contributed by atoms with E-state index in [1.54, 1.807) is 0 Å². The zero-order valence-corrected chi connectivity index (χ0v) is 6.55. The first-order valence-corrected chi connectivity index (χ1v) is 4.27. The fraction of sp³-hybridized carbons (Fsp3) is 0.875. The molecule has 1 aliphatic heterocycles. The first-order valence-electron chi connectivity index (χ1n) is 4.27. The molecular formula is C8H14N2O. The SMILES string of the molecule is NC(=O)C1CC2CNCC2C1. The number of fused-ring (bicyclic) bond motifs is 1. The Morgan fingerprint density at radius 1 is 1.27 bits per heavy atom. The largest absolute Gasteiger partial charge is 0.369 e. The summed E-state index contributed by atoms with van der Waals surface area (Å²) in [6.07, 6.45) is 2.04. The molecule has 0 radical (unpaired) electrons. The molecule has 0 aromatic heterocycles. The van der Waals surface area contributed by atoms with Crippen LogP contribution in [0.1, 0.15) is 12.8 Å². The van der Waals surface area contributed by atoms with Crippen molar-refractivity contribution >= 4 is 5.91 Å². The minimum atomic E-state index is -0.0978. The summed E-state index contributed by atoms with van der Waals surface area (Å²) in [5.41, 5.74) is 5.24. The Balaban J connectivity index is 1.99. The van der Waals surface area contributed by atoms with Crippen LogP contribution in [0.15, 0.2) is 0 Å². The van der Waals surface area contributed by atoms with Gasteiger partial charge >= 0.3 is 0 Å². The lowest BCUT2D eigenvalue weighted by molar-refractivity contribution is -0.121. The van der Waals surface area contributed by atoms with E-state index in [1.807, 2.05) is 0 Å². The number of carbonyl (C=O) groups is 1. The van der Waals surface area contributed by atoms with Crippen molar-refractivity contribution in [1.29, 1.82) is 0 Å². The van der Waals surface area contributed by atoms with Crippen LogP contribution in [0.4, 0.5) is 0 Å². The van der Waals surface area contributed by atoms with E-state index in [0.717, 1.165) is 37.8 Å². The van der Waals surface area contributed by atoms with Crippen molar-refractivity contribution in [3.05, 3.63) is 0 Å². The predicted octanol–water partition coefficient (Wildman–Crippen LogP) is -0.283. The summed E-state index contributed by atoms with van der Waals surface area (Å²) in [6, 6.07) is 0. The molecule has 1 aliphatic carbocycles. The highest BCUT2D eigenvalue weighted by molar-refractivity contribution is 5.77. The summed E-state index contributed by atoms with van der Waals surface area (Å²) in [4.78, 5) is 10.8. The van der Waals surface area contributed by atoms with Gasteiger partial charge in [0, 0.05) is 5.92 Å². The van der Waals surface area contributed by atoms with E-state index in [-0.39, 0.29) is 11.8 Å². The molecule has 0 spiro atoms. The van der Waals surface area contributed by atoms with E-state index in [2.05, 4.69) is 5.32 Å². The Labute approximate surface area is 66.3 Å². The van der Waals surface area contributed by atoms with Crippen LogP contribution in [0.3, 0.4) is 0 Å². The van der Waals surface area contributed by atoms with Gasteiger partial charge < -0.3 is 11.1 Å². The fourth-order valence-electron chi connectivity index (χ4n) is 2.40. The monoisotopic (exact) mass is 154 g/mol. The summed E-state index contributed by atoms with van der Waals surface area (Å²) < 4.78 is 0. The Morgan fingerprint density at radius 2 is 1.82 bits per heavy atom. The average molecular weight is 154 g/mol. The average Bonchev–Trinajstić information content (AvgIpc) is 2.40. The van der Waals surface area contributed by atoms with Gasteiger partial charge in [-0.15, -0.1) is 0 Å². The molecule has 1 amide bonds. The van der Waals surface area contributed by atoms with Crippen LogP contribution in [0.5, 0.6) is 0 Å². The second-order valence-corrected chi connectivity index (χ2v) is 3.75. The van der Waals surface area contributed by atoms with E-state index < -0.39 is 0 Å². The molecule has 2 fully saturated rings. The molecule has 1 heterocycles. The van der Waals surface area contributed by atoms with Gasteiger partial charge in [0.05, 0.1) is 0 Å². The Bertz CT molecular complexity index is 169. The second kappa shape index (κ2) is 2.48. The topological polar surface area (TPSA) is 55.1 Å². The number of nitrogens with one attached hydrogen (secondary N) is 1. The number of amides is 1. The zero-order chi connectivity index (χ0) is 7.84. The van der Waals surface area contributed by atoms with Crippen LogP contribution >= 0.6 is 0 Å². The van der Waals surface area contributed by atoms with E-state index in [0.29, 0.717) is 0 Å². The highest BCUT2D eigenvalue weighted by atomic mass is 16.1. The molecule has 2 rings (SSSR count). The van der Waals surface area contributed by atoms with Gasteiger partial charge in [-0.25, -0.2) is 0 Å². The molecule has 2 aliphatic rings. The van der Waals surface area contributed by atoms with Crippen molar-refractivity contribution in [2.24, 2.45) is 23.5 Å². The number of rotatable bonds is 1. The van der Waals surface area contributed by atoms with E-state index in [1.165, 1.54) is 0 Å². The Morgan fingerprint density at radius 3 is 2.27 bits per heavy atom. The molecule has 0 aromatic carbocycles. The van der Waals surface area contributed by atoms with Gasteiger partial charge in [-0.2, -0.15) is 0 Å². The highest BCUT2D eigenvalue weighted by Gasteiger charge is 2.39. The third kappa shape index (κ3) is 1.13. The molecule has 3 heteroatoms. The van der Waals surface area contributed by atoms with Crippen LogP contribution in [0.2, 0.25) is 0 Å². The maximum atomic E-state index is 10.8. The van der Waals surface area contributed by atoms with Crippen molar-refractivity contribution in [3.8, 4) is 0 Å². The van der Waals surface area contributed by atoms with Crippen LogP contribution < -0.4 is 11.1 Å². The normalized spacial score (nSPS) is 42.4. The minimum Gasteiger partial charge on any atom is -0.369 e. The van der Waals surface area contributed by atoms with Gasteiger partial charge in [0.2, 0.25) is 5.91 Å². The van der Waals surface area contributed by atoms with Crippen LogP contribution in [0, 0.1) is 17.8 Å². The quantitative estimate of drug-likeness (QED) is 0.545. The molecule has 3 nitrogen and oxygen atoms in total. The molecule has 1 saturated heterocycles. The molecule has 11 heavy (non-hydrogen) atoms. The summed E-state index contributed by atoms with van der Waals surface area (Å²) in [7, 11) is 0. The first-order chi connectivity index (χ1) is 5.27. The number of nitrogens with two attached hydrogens (primary N) is 1. The van der Waals surface area contributed by atoms with Crippen molar-refractivity contribution in [2.75, 3.05) is 13.1 Å². The van der Waals surface area contributed by atoms with E-state index in [9.17, 15) is 4.79 Å². The maximum absolute atomic E-state index is 10.8. The lowest BCUT2D eigenvalue weighted by Gasteiger charge is -2.04.